The summed E-state index contributed by atoms with van der Waals surface area (Å²) < 4.78 is 2.50. The Kier molecular flexibility index (Phi) is 3.94. The van der Waals surface area contributed by atoms with Gasteiger partial charge in [0.15, 0.2) is 18.4 Å². The van der Waals surface area contributed by atoms with Crippen molar-refractivity contribution in [2.24, 2.45) is 0 Å². The van der Waals surface area contributed by atoms with E-state index in [4.69, 9.17) is 0 Å². The Morgan fingerprint density at radius 2 is 1.75 bits per heavy atom. The van der Waals surface area contributed by atoms with Crippen LogP contribution in [-0.2, 0) is 0 Å². The summed E-state index contributed by atoms with van der Waals surface area (Å²) in [5.41, 5.74) is 5.72. The van der Waals surface area contributed by atoms with Crippen LogP contribution in [-0.4, -0.2) is 4.98 Å². The van der Waals surface area contributed by atoms with E-state index < -0.39 is 0 Å². The van der Waals surface area contributed by atoms with Gasteiger partial charge in [-0.15, -0.1) is 0 Å². The minimum absolute atomic E-state index is 0.572. The van der Waals surface area contributed by atoms with Gasteiger partial charge in [-0.2, -0.15) is 0 Å². The minimum Gasteiger partial charge on any atom is -0.261 e. The van der Waals surface area contributed by atoms with Gasteiger partial charge in [-0.3, -0.25) is 4.98 Å². The predicted molar refractivity (Wildman–Crippen MR) is 97.4 cm³/mol. The van der Waals surface area contributed by atoms with Crippen LogP contribution in [0.3, 0.4) is 0 Å². The van der Waals surface area contributed by atoms with Crippen molar-refractivity contribution in [1.82, 2.24) is 4.98 Å². The number of nitrogens with zero attached hydrogens (tertiary/aromatic N) is 2. The van der Waals surface area contributed by atoms with Gasteiger partial charge in [0.2, 0.25) is 0 Å². The predicted octanol–water partition coefficient (Wildman–Crippen LogP) is 5.22. The van der Waals surface area contributed by atoms with Crippen LogP contribution in [0.1, 0.15) is 99.1 Å². The van der Waals surface area contributed by atoms with E-state index in [1.165, 1.54) is 36.1 Å². The fourth-order valence-electron chi connectivity index (χ4n) is 3.65. The maximum Gasteiger partial charge on any atom is 0.172 e. The zero-order valence-electron chi connectivity index (χ0n) is 15.4. The number of hydrogen-bond acceptors (Lipinski definition) is 1. The number of pyridine rings is 2. The van der Waals surface area contributed by atoms with E-state index in [-0.39, 0.29) is 0 Å². The molecule has 2 heterocycles. The van der Waals surface area contributed by atoms with E-state index in [0.717, 1.165) is 5.92 Å². The summed E-state index contributed by atoms with van der Waals surface area (Å²) in [6.07, 6.45) is 10.8. The molecule has 0 saturated heterocycles. The number of rotatable bonds is 5. The molecule has 2 aliphatic rings. The molecule has 2 nitrogen and oxygen atoms in total. The normalized spacial score (nSPS) is 23.1. The molecule has 2 aromatic heterocycles. The second-order valence-corrected chi connectivity index (χ2v) is 8.36. The van der Waals surface area contributed by atoms with E-state index in [0.29, 0.717) is 23.8 Å². The van der Waals surface area contributed by atoms with Gasteiger partial charge in [0, 0.05) is 23.7 Å². The SMILES string of the molecule is CC(C)c1ccnc(C2CC2[n+]2cc(C(C)C)cc(C3CC3)c2)c1. The van der Waals surface area contributed by atoms with Crippen LogP contribution in [0.25, 0.3) is 0 Å². The van der Waals surface area contributed by atoms with Gasteiger partial charge in [-0.1, -0.05) is 27.7 Å². The lowest BCUT2D eigenvalue weighted by atomic mass is 10.0. The van der Waals surface area contributed by atoms with Gasteiger partial charge in [0.1, 0.15) is 0 Å². The lowest BCUT2D eigenvalue weighted by Crippen LogP contribution is -2.33. The van der Waals surface area contributed by atoms with Crippen LogP contribution in [0.5, 0.6) is 0 Å². The topological polar surface area (TPSA) is 16.8 Å². The highest BCUT2D eigenvalue weighted by molar-refractivity contribution is 5.27. The molecule has 0 bridgehead atoms. The second kappa shape index (κ2) is 5.98. The largest absolute Gasteiger partial charge is 0.261 e. The van der Waals surface area contributed by atoms with Gasteiger partial charge in [-0.05, 0) is 54.4 Å². The first-order valence-corrected chi connectivity index (χ1v) is 9.54. The van der Waals surface area contributed by atoms with Crippen molar-refractivity contribution < 1.29 is 4.57 Å². The molecule has 0 spiro atoms. The zero-order valence-corrected chi connectivity index (χ0v) is 15.4. The average molecular weight is 321 g/mol. The molecular formula is C22H29N2+. The minimum atomic E-state index is 0.572. The molecule has 0 aromatic carbocycles. The summed E-state index contributed by atoms with van der Waals surface area (Å²) in [6, 6.07) is 7.51. The number of hydrogen-bond donors (Lipinski definition) is 0. The Bertz CT molecular complexity index is 723. The summed E-state index contributed by atoms with van der Waals surface area (Å²) in [5, 5.41) is 0. The standard InChI is InChI=1S/C22H29N2/c1-14(2)17-7-8-23-21(10-17)20-11-22(20)24-12-18(15(3)4)9-19(13-24)16-5-6-16/h7-10,12-16,20,22H,5-6,11H2,1-4H3/q+1. The first kappa shape index (κ1) is 15.8. The molecule has 2 aliphatic carbocycles. The maximum absolute atomic E-state index is 4.67. The average Bonchev–Trinajstić information content (AvgIpc) is 3.48. The quantitative estimate of drug-likeness (QED) is 0.690. The third kappa shape index (κ3) is 3.11. The van der Waals surface area contributed by atoms with E-state index in [9.17, 15) is 0 Å². The monoisotopic (exact) mass is 321 g/mol. The lowest BCUT2D eigenvalue weighted by Gasteiger charge is -2.08. The molecule has 2 heteroatoms. The van der Waals surface area contributed by atoms with Crippen molar-refractivity contribution in [3.63, 3.8) is 0 Å². The Hall–Kier alpha value is -1.70. The molecule has 2 atom stereocenters. The zero-order chi connectivity index (χ0) is 16.8. The van der Waals surface area contributed by atoms with Crippen molar-refractivity contribution in [3.8, 4) is 0 Å². The first-order valence-electron chi connectivity index (χ1n) is 9.54. The molecule has 0 radical (unpaired) electrons. The van der Waals surface area contributed by atoms with Gasteiger partial charge in [0.05, 0.1) is 11.6 Å². The molecule has 0 amide bonds. The van der Waals surface area contributed by atoms with Crippen molar-refractivity contribution >= 4 is 0 Å². The molecule has 0 aliphatic heterocycles. The highest BCUT2D eigenvalue weighted by atomic mass is 15.0. The van der Waals surface area contributed by atoms with Crippen molar-refractivity contribution in [2.45, 2.75) is 76.7 Å². The fraction of sp³-hybridized carbons (Fsp3) is 0.545. The van der Waals surface area contributed by atoms with Gasteiger partial charge in [-0.25, -0.2) is 4.57 Å². The summed E-state index contributed by atoms with van der Waals surface area (Å²) in [6.45, 7) is 9.11. The molecule has 2 aromatic rings. The lowest BCUT2D eigenvalue weighted by molar-refractivity contribution is -0.702. The first-order chi connectivity index (χ1) is 11.5. The molecular weight excluding hydrogens is 292 g/mol. The van der Waals surface area contributed by atoms with Crippen LogP contribution >= 0.6 is 0 Å². The van der Waals surface area contributed by atoms with E-state index >= 15 is 0 Å². The smallest absolute Gasteiger partial charge is 0.172 e. The highest BCUT2D eigenvalue weighted by Crippen LogP contribution is 2.48. The molecule has 2 saturated carbocycles. The molecule has 126 valence electrons. The van der Waals surface area contributed by atoms with Crippen LogP contribution in [0.2, 0.25) is 0 Å². The van der Waals surface area contributed by atoms with Crippen molar-refractivity contribution in [2.75, 3.05) is 0 Å². The van der Waals surface area contributed by atoms with Crippen LogP contribution in [0.15, 0.2) is 36.8 Å². The molecule has 0 N–H and O–H groups in total. The maximum atomic E-state index is 4.67. The summed E-state index contributed by atoms with van der Waals surface area (Å²) in [4.78, 5) is 4.67. The Morgan fingerprint density at radius 1 is 1.00 bits per heavy atom. The van der Waals surface area contributed by atoms with Crippen molar-refractivity contribution in [3.05, 3.63) is 59.2 Å². The molecule has 24 heavy (non-hydrogen) atoms. The molecule has 2 fully saturated rings. The van der Waals surface area contributed by atoms with Crippen LogP contribution in [0.4, 0.5) is 0 Å². The van der Waals surface area contributed by atoms with Gasteiger partial charge in [0.25, 0.3) is 0 Å². The Morgan fingerprint density at radius 3 is 2.42 bits per heavy atom. The summed E-state index contributed by atoms with van der Waals surface area (Å²) >= 11 is 0. The molecule has 2 unspecified atom stereocenters. The Balaban J connectivity index is 1.60. The van der Waals surface area contributed by atoms with Crippen LogP contribution in [0, 0.1) is 0 Å². The third-order valence-corrected chi connectivity index (χ3v) is 5.64. The second-order valence-electron chi connectivity index (χ2n) is 8.36. The Labute approximate surface area is 146 Å². The number of aromatic nitrogens is 2. The van der Waals surface area contributed by atoms with E-state index in [2.05, 4.69) is 67.8 Å². The molecule has 4 rings (SSSR count). The van der Waals surface area contributed by atoms with Crippen molar-refractivity contribution in [1.29, 1.82) is 0 Å². The van der Waals surface area contributed by atoms with Crippen LogP contribution < -0.4 is 4.57 Å². The fourth-order valence-corrected chi connectivity index (χ4v) is 3.65. The summed E-state index contributed by atoms with van der Waals surface area (Å²) in [5.74, 6) is 2.56. The van der Waals surface area contributed by atoms with Gasteiger partial charge >= 0.3 is 0 Å². The summed E-state index contributed by atoms with van der Waals surface area (Å²) in [7, 11) is 0. The third-order valence-electron chi connectivity index (χ3n) is 5.64. The van der Waals surface area contributed by atoms with Gasteiger partial charge < -0.3 is 0 Å². The highest BCUT2D eigenvalue weighted by Gasteiger charge is 2.48. The van der Waals surface area contributed by atoms with E-state index in [1.54, 1.807) is 5.56 Å². The van der Waals surface area contributed by atoms with E-state index in [1.807, 2.05) is 6.20 Å².